The van der Waals surface area contributed by atoms with Crippen molar-refractivity contribution in [1.82, 2.24) is 9.88 Å². The zero-order valence-corrected chi connectivity index (χ0v) is 13.0. The van der Waals surface area contributed by atoms with Crippen LogP contribution in [0.2, 0.25) is 0 Å². The van der Waals surface area contributed by atoms with Crippen molar-refractivity contribution in [3.05, 3.63) is 11.1 Å². The van der Waals surface area contributed by atoms with E-state index in [-0.39, 0.29) is 6.42 Å². The molecule has 1 aromatic heterocycles. The number of rotatable bonds is 7. The van der Waals surface area contributed by atoms with Gasteiger partial charge in [-0.1, -0.05) is 6.92 Å². The van der Waals surface area contributed by atoms with Gasteiger partial charge >= 0.3 is 5.97 Å². The fraction of sp³-hybridized carbons (Fsp3) is 0.714. The summed E-state index contributed by atoms with van der Waals surface area (Å²) < 4.78 is 0. The standard InChI is InChI=1S/C14H23N3O2S/c1-3-17-8-4-5-12(17)9-16(2)14-15-11(10-20-14)6-7-13(18)19/h10,12H,3-9H2,1-2H3,(H,18,19). The Balaban J connectivity index is 1.89. The first kappa shape index (κ1) is 15.3. The molecule has 2 heterocycles. The van der Waals surface area contributed by atoms with Crippen molar-refractivity contribution < 1.29 is 9.90 Å². The second-order valence-electron chi connectivity index (χ2n) is 5.32. The largest absolute Gasteiger partial charge is 0.481 e. The fourth-order valence-electron chi connectivity index (χ4n) is 2.73. The van der Waals surface area contributed by atoms with Gasteiger partial charge in [-0.3, -0.25) is 9.69 Å². The first-order chi connectivity index (χ1) is 9.60. The Morgan fingerprint density at radius 2 is 2.45 bits per heavy atom. The molecule has 1 fully saturated rings. The molecule has 0 saturated carbocycles. The molecule has 0 aromatic carbocycles. The lowest BCUT2D eigenvalue weighted by Gasteiger charge is -2.27. The summed E-state index contributed by atoms with van der Waals surface area (Å²) in [4.78, 5) is 19.8. The molecule has 1 atom stereocenters. The number of thiazole rings is 1. The summed E-state index contributed by atoms with van der Waals surface area (Å²) in [6.07, 6.45) is 3.22. The highest BCUT2D eigenvalue weighted by Gasteiger charge is 2.24. The maximum atomic E-state index is 10.6. The van der Waals surface area contributed by atoms with E-state index < -0.39 is 5.97 Å². The van der Waals surface area contributed by atoms with Gasteiger partial charge in [0.2, 0.25) is 0 Å². The number of anilines is 1. The van der Waals surface area contributed by atoms with E-state index in [0.717, 1.165) is 23.9 Å². The molecule has 5 nitrogen and oxygen atoms in total. The molecular weight excluding hydrogens is 274 g/mol. The summed E-state index contributed by atoms with van der Waals surface area (Å²) in [6.45, 7) is 5.53. The predicted octanol–water partition coefficient (Wildman–Crippen LogP) is 2.08. The molecule has 0 spiro atoms. The SMILES string of the molecule is CCN1CCCC1CN(C)c1nc(CCC(=O)O)cs1. The van der Waals surface area contributed by atoms with Gasteiger partial charge in [-0.25, -0.2) is 4.98 Å². The van der Waals surface area contributed by atoms with Crippen LogP contribution in [0.25, 0.3) is 0 Å². The highest BCUT2D eigenvalue weighted by atomic mass is 32.1. The molecule has 1 aliphatic heterocycles. The molecule has 1 unspecified atom stereocenters. The number of carbonyl (C=O) groups is 1. The highest BCUT2D eigenvalue weighted by Crippen LogP contribution is 2.23. The molecule has 1 saturated heterocycles. The summed E-state index contributed by atoms with van der Waals surface area (Å²) in [5.74, 6) is -0.766. The van der Waals surface area contributed by atoms with Crippen LogP contribution in [0.3, 0.4) is 0 Å². The van der Waals surface area contributed by atoms with Crippen molar-refractivity contribution in [3.8, 4) is 0 Å². The van der Waals surface area contributed by atoms with Crippen LogP contribution in [0.1, 0.15) is 31.9 Å². The molecule has 6 heteroatoms. The monoisotopic (exact) mass is 297 g/mol. The zero-order valence-electron chi connectivity index (χ0n) is 12.2. The summed E-state index contributed by atoms with van der Waals surface area (Å²) >= 11 is 1.60. The average molecular weight is 297 g/mol. The molecule has 0 radical (unpaired) electrons. The van der Waals surface area contributed by atoms with E-state index in [1.165, 1.54) is 19.4 Å². The summed E-state index contributed by atoms with van der Waals surface area (Å²) in [5, 5.41) is 11.7. The smallest absolute Gasteiger partial charge is 0.303 e. The summed E-state index contributed by atoms with van der Waals surface area (Å²) in [6, 6.07) is 0.622. The van der Waals surface area contributed by atoms with E-state index in [0.29, 0.717) is 12.5 Å². The van der Waals surface area contributed by atoms with E-state index in [1.54, 1.807) is 11.3 Å². The summed E-state index contributed by atoms with van der Waals surface area (Å²) in [7, 11) is 2.08. The van der Waals surface area contributed by atoms with Gasteiger partial charge in [-0.05, 0) is 25.9 Å². The molecule has 0 amide bonds. The third kappa shape index (κ3) is 3.93. The zero-order chi connectivity index (χ0) is 14.5. The molecule has 112 valence electrons. The lowest BCUT2D eigenvalue weighted by molar-refractivity contribution is -0.136. The first-order valence-corrected chi connectivity index (χ1v) is 8.09. The number of aromatic nitrogens is 1. The van der Waals surface area contributed by atoms with Crippen LogP contribution >= 0.6 is 11.3 Å². The van der Waals surface area contributed by atoms with Gasteiger partial charge in [-0.2, -0.15) is 0 Å². The lowest BCUT2D eigenvalue weighted by Crippen LogP contribution is -2.38. The van der Waals surface area contributed by atoms with Crippen molar-refractivity contribution >= 4 is 22.4 Å². The van der Waals surface area contributed by atoms with Crippen molar-refractivity contribution in [2.75, 3.05) is 31.6 Å². The Labute approximate surface area is 124 Å². The second-order valence-corrected chi connectivity index (χ2v) is 6.16. The average Bonchev–Trinajstić information content (AvgIpc) is 3.04. The van der Waals surface area contributed by atoms with Gasteiger partial charge in [0, 0.05) is 31.4 Å². The molecule has 1 N–H and O–H groups in total. The molecule has 20 heavy (non-hydrogen) atoms. The highest BCUT2D eigenvalue weighted by molar-refractivity contribution is 7.13. The molecule has 1 aliphatic rings. The van der Waals surface area contributed by atoms with Gasteiger partial charge in [0.15, 0.2) is 5.13 Å². The number of carboxylic acid groups (broad SMARTS) is 1. The third-order valence-electron chi connectivity index (χ3n) is 3.85. The Kier molecular flexibility index (Phi) is 5.37. The van der Waals surface area contributed by atoms with Crippen LogP contribution in [0.4, 0.5) is 5.13 Å². The van der Waals surface area contributed by atoms with Crippen molar-refractivity contribution in [1.29, 1.82) is 0 Å². The molecule has 0 aliphatic carbocycles. The summed E-state index contributed by atoms with van der Waals surface area (Å²) in [5.41, 5.74) is 0.887. The lowest BCUT2D eigenvalue weighted by atomic mass is 10.2. The second kappa shape index (κ2) is 7.04. The fourth-order valence-corrected chi connectivity index (χ4v) is 3.57. The van der Waals surface area contributed by atoms with Gasteiger partial charge in [-0.15, -0.1) is 11.3 Å². The van der Waals surface area contributed by atoms with E-state index in [9.17, 15) is 4.79 Å². The number of hydrogen-bond donors (Lipinski definition) is 1. The van der Waals surface area contributed by atoms with E-state index in [1.807, 2.05) is 5.38 Å². The Bertz CT molecular complexity index is 449. The number of nitrogens with zero attached hydrogens (tertiary/aromatic N) is 3. The van der Waals surface area contributed by atoms with Crippen LogP contribution < -0.4 is 4.90 Å². The first-order valence-electron chi connectivity index (χ1n) is 7.21. The predicted molar refractivity (Wildman–Crippen MR) is 81.6 cm³/mol. The minimum atomic E-state index is -0.766. The number of hydrogen-bond acceptors (Lipinski definition) is 5. The topological polar surface area (TPSA) is 56.7 Å². The minimum Gasteiger partial charge on any atom is -0.481 e. The maximum Gasteiger partial charge on any atom is 0.303 e. The van der Waals surface area contributed by atoms with Crippen molar-refractivity contribution in [2.45, 2.75) is 38.6 Å². The van der Waals surface area contributed by atoms with E-state index in [2.05, 4.69) is 28.8 Å². The van der Waals surface area contributed by atoms with Crippen molar-refractivity contribution in [3.63, 3.8) is 0 Å². The van der Waals surface area contributed by atoms with Gasteiger partial charge < -0.3 is 10.0 Å². The number of aliphatic carboxylic acids is 1. The number of likely N-dealkylation sites (tertiary alicyclic amines) is 1. The Hall–Kier alpha value is -1.14. The van der Waals surface area contributed by atoms with Crippen molar-refractivity contribution in [2.24, 2.45) is 0 Å². The third-order valence-corrected chi connectivity index (χ3v) is 4.85. The van der Waals surface area contributed by atoms with Crippen LogP contribution in [0.5, 0.6) is 0 Å². The number of likely N-dealkylation sites (N-methyl/N-ethyl adjacent to an activating group) is 2. The van der Waals surface area contributed by atoms with Crippen LogP contribution in [0.15, 0.2) is 5.38 Å². The van der Waals surface area contributed by atoms with Gasteiger partial charge in [0.05, 0.1) is 12.1 Å². The molecule has 1 aromatic rings. The van der Waals surface area contributed by atoms with Gasteiger partial charge in [0.1, 0.15) is 0 Å². The molecule has 0 bridgehead atoms. The van der Waals surface area contributed by atoms with E-state index in [4.69, 9.17) is 5.11 Å². The number of aryl methyl sites for hydroxylation is 1. The van der Waals surface area contributed by atoms with Crippen LogP contribution in [-0.4, -0.2) is 53.7 Å². The minimum absolute atomic E-state index is 0.152. The normalized spacial score (nSPS) is 19.4. The maximum absolute atomic E-state index is 10.6. The Morgan fingerprint density at radius 1 is 1.65 bits per heavy atom. The molecule has 2 rings (SSSR count). The number of carboxylic acids is 1. The van der Waals surface area contributed by atoms with E-state index >= 15 is 0 Å². The quantitative estimate of drug-likeness (QED) is 0.835. The van der Waals surface area contributed by atoms with Crippen LogP contribution in [-0.2, 0) is 11.2 Å². The van der Waals surface area contributed by atoms with Gasteiger partial charge in [0.25, 0.3) is 0 Å². The molecular formula is C14H23N3O2S. The Morgan fingerprint density at radius 3 is 3.15 bits per heavy atom. The van der Waals surface area contributed by atoms with Crippen LogP contribution in [0, 0.1) is 0 Å².